The van der Waals surface area contributed by atoms with Gasteiger partial charge >= 0.3 is 11.8 Å². The zero-order valence-corrected chi connectivity index (χ0v) is 11.6. The number of carboxylic acid groups (broad SMARTS) is 1. The van der Waals surface area contributed by atoms with E-state index in [4.69, 9.17) is 5.11 Å². The molecule has 2 aromatic heterocycles. The first kappa shape index (κ1) is 14.7. The number of nitrogens with zero attached hydrogens (tertiary/aromatic N) is 3. The summed E-state index contributed by atoms with van der Waals surface area (Å²) >= 11 is 1.01. The minimum absolute atomic E-state index is 0.0345. The van der Waals surface area contributed by atoms with E-state index in [-0.39, 0.29) is 22.9 Å². The third-order valence-corrected chi connectivity index (χ3v) is 3.64. The van der Waals surface area contributed by atoms with Crippen LogP contribution < -0.4 is 5.32 Å². The average molecular weight is 310 g/mol. The van der Waals surface area contributed by atoms with E-state index in [9.17, 15) is 19.7 Å². The Balaban J connectivity index is 2.09. The van der Waals surface area contributed by atoms with Crippen LogP contribution in [-0.2, 0) is 11.3 Å². The maximum Gasteiger partial charge on any atom is 0.389 e. The summed E-state index contributed by atoms with van der Waals surface area (Å²) in [6.45, 7) is 1.43. The fraction of sp³-hybridized carbons (Fsp3) is 0.182. The summed E-state index contributed by atoms with van der Waals surface area (Å²) in [6.07, 6.45) is 1.30. The highest BCUT2D eigenvalue weighted by molar-refractivity contribution is 7.12. The zero-order valence-electron chi connectivity index (χ0n) is 10.8. The lowest BCUT2D eigenvalue weighted by Crippen LogP contribution is -2.20. The van der Waals surface area contributed by atoms with Gasteiger partial charge in [-0.1, -0.05) is 0 Å². The molecule has 2 N–H and O–H groups in total. The van der Waals surface area contributed by atoms with Crippen LogP contribution in [-0.4, -0.2) is 31.7 Å². The van der Waals surface area contributed by atoms with Gasteiger partial charge in [0, 0.05) is 0 Å². The lowest BCUT2D eigenvalue weighted by Gasteiger charge is -2.05. The van der Waals surface area contributed by atoms with Gasteiger partial charge in [-0.25, -0.2) is 4.79 Å². The van der Waals surface area contributed by atoms with Gasteiger partial charge in [-0.15, -0.1) is 11.3 Å². The van der Waals surface area contributed by atoms with Crippen LogP contribution in [0.3, 0.4) is 0 Å². The van der Waals surface area contributed by atoms with E-state index in [2.05, 4.69) is 10.4 Å². The number of aromatic carboxylic acids is 1. The molecule has 0 saturated carbocycles. The molecule has 9 nitrogen and oxygen atoms in total. The van der Waals surface area contributed by atoms with Crippen molar-refractivity contribution in [3.8, 4) is 0 Å². The molecule has 2 rings (SSSR count). The molecule has 0 bridgehead atoms. The van der Waals surface area contributed by atoms with Crippen molar-refractivity contribution in [3.63, 3.8) is 0 Å². The molecule has 0 fully saturated rings. The Labute approximate surface area is 122 Å². The number of rotatable bonds is 5. The Hall–Kier alpha value is -2.75. The first-order chi connectivity index (χ1) is 9.88. The SMILES string of the molecule is Cc1csc(C(=O)O)c1NC(=O)Cn1ccc([N+](=O)[O-])n1. The Bertz CT molecular complexity index is 720. The summed E-state index contributed by atoms with van der Waals surface area (Å²) in [5.74, 6) is -2.00. The van der Waals surface area contributed by atoms with E-state index in [0.717, 1.165) is 16.0 Å². The molecule has 21 heavy (non-hydrogen) atoms. The van der Waals surface area contributed by atoms with Crippen LogP contribution in [0.15, 0.2) is 17.6 Å². The molecule has 0 aromatic carbocycles. The Morgan fingerprint density at radius 2 is 2.29 bits per heavy atom. The lowest BCUT2D eigenvalue weighted by molar-refractivity contribution is -0.389. The summed E-state index contributed by atoms with van der Waals surface area (Å²) < 4.78 is 1.11. The molecule has 0 spiro atoms. The van der Waals surface area contributed by atoms with Crippen LogP contribution in [0.5, 0.6) is 0 Å². The van der Waals surface area contributed by atoms with Crippen LogP contribution in [0.2, 0.25) is 0 Å². The van der Waals surface area contributed by atoms with Gasteiger partial charge < -0.3 is 20.5 Å². The van der Waals surface area contributed by atoms with Crippen molar-refractivity contribution < 1.29 is 19.6 Å². The van der Waals surface area contributed by atoms with Gasteiger partial charge in [0.25, 0.3) is 0 Å². The monoisotopic (exact) mass is 310 g/mol. The molecule has 0 saturated heterocycles. The highest BCUT2D eigenvalue weighted by Crippen LogP contribution is 2.27. The first-order valence-electron chi connectivity index (χ1n) is 5.67. The fourth-order valence-electron chi connectivity index (χ4n) is 1.62. The van der Waals surface area contributed by atoms with E-state index in [1.54, 1.807) is 12.3 Å². The van der Waals surface area contributed by atoms with Crippen molar-refractivity contribution in [1.29, 1.82) is 0 Å². The van der Waals surface area contributed by atoms with Crippen molar-refractivity contribution in [3.05, 3.63) is 38.2 Å². The van der Waals surface area contributed by atoms with Gasteiger partial charge in [0.1, 0.15) is 11.4 Å². The number of aryl methyl sites for hydroxylation is 1. The standard InChI is InChI=1S/C11H10N4O5S/c1-6-5-21-10(11(17)18)9(6)12-8(16)4-14-3-2-7(13-14)15(19)20/h2-3,5H,4H2,1H3,(H,12,16)(H,17,18). The Morgan fingerprint density at radius 3 is 2.86 bits per heavy atom. The van der Waals surface area contributed by atoms with Gasteiger partial charge in [0.2, 0.25) is 5.91 Å². The number of thiophene rings is 1. The van der Waals surface area contributed by atoms with Gasteiger partial charge in [-0.3, -0.25) is 4.79 Å². The van der Waals surface area contributed by atoms with Crippen LogP contribution in [0.25, 0.3) is 0 Å². The van der Waals surface area contributed by atoms with E-state index in [0.29, 0.717) is 5.56 Å². The van der Waals surface area contributed by atoms with Gasteiger partial charge in [0.15, 0.2) is 0 Å². The van der Waals surface area contributed by atoms with Gasteiger partial charge in [0.05, 0.1) is 23.0 Å². The molecule has 0 aliphatic rings. The van der Waals surface area contributed by atoms with Gasteiger partial charge in [-0.05, 0) is 22.8 Å². The van der Waals surface area contributed by atoms with Crippen LogP contribution in [0.4, 0.5) is 11.5 Å². The molecule has 0 radical (unpaired) electrons. The van der Waals surface area contributed by atoms with Crippen LogP contribution in [0, 0.1) is 17.0 Å². The molecule has 0 aliphatic heterocycles. The maximum absolute atomic E-state index is 11.9. The van der Waals surface area contributed by atoms with E-state index in [1.165, 1.54) is 12.3 Å². The molecule has 2 aromatic rings. The number of hydrogen-bond acceptors (Lipinski definition) is 6. The highest BCUT2D eigenvalue weighted by atomic mass is 32.1. The fourth-order valence-corrected chi connectivity index (χ4v) is 2.46. The second-order valence-electron chi connectivity index (χ2n) is 4.10. The lowest BCUT2D eigenvalue weighted by atomic mass is 10.2. The molecule has 10 heteroatoms. The third kappa shape index (κ3) is 3.23. The molecule has 0 unspecified atom stereocenters. The largest absolute Gasteiger partial charge is 0.477 e. The predicted octanol–water partition coefficient (Wildman–Crippen LogP) is 1.50. The second kappa shape index (κ2) is 5.71. The maximum atomic E-state index is 11.9. The molecule has 0 atom stereocenters. The number of amides is 1. The summed E-state index contributed by atoms with van der Waals surface area (Å²) in [5.41, 5.74) is 0.872. The highest BCUT2D eigenvalue weighted by Gasteiger charge is 2.19. The van der Waals surface area contributed by atoms with E-state index >= 15 is 0 Å². The Morgan fingerprint density at radius 1 is 1.57 bits per heavy atom. The Kier molecular flexibility index (Phi) is 3.98. The number of hydrogen-bond donors (Lipinski definition) is 2. The van der Waals surface area contributed by atoms with E-state index < -0.39 is 16.8 Å². The van der Waals surface area contributed by atoms with Crippen molar-refractivity contribution in [1.82, 2.24) is 9.78 Å². The minimum atomic E-state index is -1.13. The second-order valence-corrected chi connectivity index (χ2v) is 4.98. The number of nitro groups is 1. The smallest absolute Gasteiger partial charge is 0.389 e. The number of carbonyl (C=O) groups is 2. The quantitative estimate of drug-likeness (QED) is 0.636. The molecule has 1 amide bonds. The summed E-state index contributed by atoms with van der Waals surface area (Å²) in [7, 11) is 0. The molecule has 2 heterocycles. The van der Waals surface area contributed by atoms with Crippen molar-refractivity contribution in [2.75, 3.05) is 5.32 Å². The van der Waals surface area contributed by atoms with Crippen molar-refractivity contribution >= 4 is 34.7 Å². The number of carboxylic acids is 1. The number of anilines is 1. The van der Waals surface area contributed by atoms with E-state index in [1.807, 2.05) is 0 Å². The topological polar surface area (TPSA) is 127 Å². The number of nitrogens with one attached hydrogen (secondary N) is 1. The van der Waals surface area contributed by atoms with Gasteiger partial charge in [-0.2, -0.15) is 4.68 Å². The average Bonchev–Trinajstić information content (AvgIpc) is 2.98. The number of aromatic nitrogens is 2. The van der Waals surface area contributed by atoms with Crippen LogP contribution >= 0.6 is 11.3 Å². The molecular weight excluding hydrogens is 300 g/mol. The minimum Gasteiger partial charge on any atom is -0.477 e. The summed E-state index contributed by atoms with van der Waals surface area (Å²) in [4.78, 5) is 32.7. The molecule has 0 aliphatic carbocycles. The first-order valence-corrected chi connectivity index (χ1v) is 6.55. The summed E-state index contributed by atoms with van der Waals surface area (Å²) in [5, 5.41) is 27.2. The van der Waals surface area contributed by atoms with Crippen molar-refractivity contribution in [2.24, 2.45) is 0 Å². The third-order valence-electron chi connectivity index (χ3n) is 2.55. The molecular formula is C11H10N4O5S. The predicted molar refractivity (Wildman–Crippen MR) is 73.5 cm³/mol. The normalized spacial score (nSPS) is 10.3. The van der Waals surface area contributed by atoms with Crippen molar-refractivity contribution in [2.45, 2.75) is 13.5 Å². The zero-order chi connectivity index (χ0) is 15.6. The molecule has 110 valence electrons. The number of carbonyl (C=O) groups excluding carboxylic acids is 1. The summed E-state index contributed by atoms with van der Waals surface area (Å²) in [6, 6.07) is 1.17. The van der Waals surface area contributed by atoms with Crippen LogP contribution in [0.1, 0.15) is 15.2 Å².